The van der Waals surface area contributed by atoms with Crippen LogP contribution in [0.5, 0.6) is 5.75 Å². The number of aromatic nitrogens is 1. The summed E-state index contributed by atoms with van der Waals surface area (Å²) in [4.78, 5) is 16.5. The second kappa shape index (κ2) is 6.88. The first kappa shape index (κ1) is 16.7. The number of rotatable bonds is 3. The van der Waals surface area contributed by atoms with E-state index in [4.69, 9.17) is 4.74 Å². The average Bonchev–Trinajstić information content (AvgIpc) is 3.10. The van der Waals surface area contributed by atoms with Crippen LogP contribution in [0, 0.1) is 5.82 Å². The monoisotopic (exact) mass is 412 g/mol. The Morgan fingerprint density at radius 1 is 1.19 bits per heavy atom. The topological polar surface area (TPSA) is 51.2 Å². The zero-order valence-electron chi connectivity index (χ0n) is 13.6. The van der Waals surface area contributed by atoms with E-state index in [0.29, 0.717) is 12.4 Å². The van der Waals surface area contributed by atoms with Crippen molar-refractivity contribution in [3.05, 3.63) is 76.1 Å². The first-order valence-corrected chi connectivity index (χ1v) is 8.88. The molecule has 3 aromatic rings. The summed E-state index contributed by atoms with van der Waals surface area (Å²) in [6, 6.07) is 13.4. The summed E-state index contributed by atoms with van der Waals surface area (Å²) < 4.78 is 20.4. The molecule has 6 heteroatoms. The molecule has 4 nitrogen and oxygen atoms in total. The third-order valence-corrected chi connectivity index (χ3v) is 4.64. The van der Waals surface area contributed by atoms with Gasteiger partial charge in [-0.3, -0.25) is 4.79 Å². The molecule has 0 fully saturated rings. The summed E-state index contributed by atoms with van der Waals surface area (Å²) in [5, 5.41) is 2.61. The maximum absolute atomic E-state index is 13.7. The maximum atomic E-state index is 13.7. The number of benzene rings is 2. The van der Waals surface area contributed by atoms with E-state index in [1.54, 1.807) is 18.3 Å². The van der Waals surface area contributed by atoms with Crippen LogP contribution in [-0.4, -0.2) is 17.5 Å². The predicted molar refractivity (Wildman–Crippen MR) is 101 cm³/mol. The zero-order valence-corrected chi connectivity index (χ0v) is 15.2. The Morgan fingerprint density at radius 3 is 2.81 bits per heavy atom. The van der Waals surface area contributed by atoms with E-state index >= 15 is 0 Å². The minimum atomic E-state index is -0.566. The van der Waals surface area contributed by atoms with Crippen LogP contribution in [0.2, 0.25) is 0 Å². The normalized spacial score (nSPS) is 12.4. The molecular formula is C20H14BrFN2O2. The fourth-order valence-electron chi connectivity index (χ4n) is 2.94. The molecule has 0 saturated heterocycles. The number of pyridine rings is 1. The van der Waals surface area contributed by atoms with Crippen LogP contribution in [0.15, 0.2) is 59.2 Å². The lowest BCUT2D eigenvalue weighted by Crippen LogP contribution is -2.14. The first-order chi connectivity index (χ1) is 12.6. The van der Waals surface area contributed by atoms with E-state index in [9.17, 15) is 9.18 Å². The molecule has 0 radical (unpaired) electrons. The van der Waals surface area contributed by atoms with Crippen LogP contribution in [0.1, 0.15) is 15.9 Å². The van der Waals surface area contributed by atoms with Crippen molar-refractivity contribution < 1.29 is 13.9 Å². The van der Waals surface area contributed by atoms with Gasteiger partial charge in [0.1, 0.15) is 17.4 Å². The van der Waals surface area contributed by atoms with Gasteiger partial charge in [-0.25, -0.2) is 9.37 Å². The molecule has 26 heavy (non-hydrogen) atoms. The van der Waals surface area contributed by atoms with Crippen molar-refractivity contribution in [3.63, 3.8) is 0 Å². The van der Waals surface area contributed by atoms with Crippen LogP contribution >= 0.6 is 15.9 Å². The minimum absolute atomic E-state index is 0.0170. The van der Waals surface area contributed by atoms with Gasteiger partial charge in [0.15, 0.2) is 0 Å². The maximum Gasteiger partial charge on any atom is 0.259 e. The summed E-state index contributed by atoms with van der Waals surface area (Å²) in [6.45, 7) is 0.670. The Kier molecular flexibility index (Phi) is 4.42. The van der Waals surface area contributed by atoms with Gasteiger partial charge in [-0.2, -0.15) is 0 Å². The lowest BCUT2D eigenvalue weighted by molar-refractivity contribution is 0.102. The minimum Gasteiger partial charge on any atom is -0.492 e. The summed E-state index contributed by atoms with van der Waals surface area (Å²) in [5.74, 6) is 0.131. The molecule has 0 saturated carbocycles. The summed E-state index contributed by atoms with van der Waals surface area (Å²) in [6.07, 6.45) is 2.55. The van der Waals surface area contributed by atoms with Crippen LogP contribution in [0.25, 0.3) is 11.1 Å². The van der Waals surface area contributed by atoms with E-state index in [0.717, 1.165) is 33.3 Å². The second-order valence-electron chi connectivity index (χ2n) is 5.91. The lowest BCUT2D eigenvalue weighted by Gasteiger charge is -2.10. The Labute approximate surface area is 158 Å². The fraction of sp³-hybridized carbons (Fsp3) is 0.100. The molecule has 1 aliphatic heterocycles. The number of amides is 1. The standard InChI is InChI=1S/C20H14BrFN2O2/c21-14-9-12-7-8-26-19(12)16(10-14)13-5-6-18(23-11-13)24-20(25)15-3-1-2-4-17(15)22/h1-6,9-11H,7-8H2,(H,23,24,25). The van der Waals surface area contributed by atoms with E-state index in [1.165, 1.54) is 18.2 Å². The number of nitrogens with one attached hydrogen (secondary N) is 1. The van der Waals surface area contributed by atoms with Crippen LogP contribution in [-0.2, 0) is 6.42 Å². The molecule has 2 aromatic carbocycles. The van der Waals surface area contributed by atoms with Gasteiger partial charge in [0, 0.05) is 28.2 Å². The highest BCUT2D eigenvalue weighted by molar-refractivity contribution is 9.10. The Bertz CT molecular complexity index is 990. The zero-order chi connectivity index (χ0) is 18.1. The average molecular weight is 413 g/mol. The SMILES string of the molecule is O=C(Nc1ccc(-c2cc(Br)cc3c2OCC3)cn1)c1ccccc1F. The number of halogens is 2. The fourth-order valence-corrected chi connectivity index (χ4v) is 3.45. The molecule has 1 aromatic heterocycles. The first-order valence-electron chi connectivity index (χ1n) is 8.09. The molecule has 0 bridgehead atoms. The molecule has 1 N–H and O–H groups in total. The van der Waals surface area contributed by atoms with Crippen molar-refractivity contribution in [3.8, 4) is 16.9 Å². The highest BCUT2D eigenvalue weighted by atomic mass is 79.9. The van der Waals surface area contributed by atoms with E-state index in [2.05, 4.69) is 32.3 Å². The lowest BCUT2D eigenvalue weighted by atomic mass is 10.0. The molecule has 0 aliphatic carbocycles. The molecule has 2 heterocycles. The van der Waals surface area contributed by atoms with E-state index in [-0.39, 0.29) is 5.56 Å². The van der Waals surface area contributed by atoms with E-state index < -0.39 is 11.7 Å². The number of fused-ring (bicyclic) bond motifs is 1. The number of anilines is 1. The van der Waals surface area contributed by atoms with Crippen molar-refractivity contribution in [1.29, 1.82) is 0 Å². The quantitative estimate of drug-likeness (QED) is 0.669. The molecule has 0 atom stereocenters. The third kappa shape index (κ3) is 3.20. The molecule has 4 rings (SSSR count). The number of carbonyl (C=O) groups is 1. The number of hydrogen-bond donors (Lipinski definition) is 1. The number of ether oxygens (including phenoxy) is 1. The molecule has 1 aliphatic rings. The number of nitrogens with zero attached hydrogens (tertiary/aromatic N) is 1. The molecule has 130 valence electrons. The van der Waals surface area contributed by atoms with Gasteiger partial charge in [-0.15, -0.1) is 0 Å². The van der Waals surface area contributed by atoms with Gasteiger partial charge in [0.05, 0.1) is 12.2 Å². The van der Waals surface area contributed by atoms with Gasteiger partial charge in [-0.1, -0.05) is 28.1 Å². The Balaban J connectivity index is 1.59. The summed E-state index contributed by atoms with van der Waals surface area (Å²) in [7, 11) is 0. The molecule has 1 amide bonds. The number of hydrogen-bond acceptors (Lipinski definition) is 3. The Hall–Kier alpha value is -2.73. The third-order valence-electron chi connectivity index (χ3n) is 4.18. The second-order valence-corrected chi connectivity index (χ2v) is 6.82. The van der Waals surface area contributed by atoms with Gasteiger partial charge >= 0.3 is 0 Å². The Morgan fingerprint density at radius 2 is 2.04 bits per heavy atom. The van der Waals surface area contributed by atoms with Gasteiger partial charge in [-0.05, 0) is 42.0 Å². The van der Waals surface area contributed by atoms with E-state index in [1.807, 2.05) is 12.1 Å². The van der Waals surface area contributed by atoms with Crippen LogP contribution in [0.3, 0.4) is 0 Å². The van der Waals surface area contributed by atoms with Gasteiger partial charge < -0.3 is 10.1 Å². The van der Waals surface area contributed by atoms with Crippen molar-refractivity contribution >= 4 is 27.7 Å². The van der Waals surface area contributed by atoms with Crippen LogP contribution < -0.4 is 10.1 Å². The van der Waals surface area contributed by atoms with Crippen LogP contribution in [0.4, 0.5) is 10.2 Å². The molecule has 0 unspecified atom stereocenters. The van der Waals surface area contributed by atoms with Crippen molar-refractivity contribution in [2.45, 2.75) is 6.42 Å². The molecular weight excluding hydrogens is 399 g/mol. The largest absolute Gasteiger partial charge is 0.492 e. The smallest absolute Gasteiger partial charge is 0.259 e. The molecule has 0 spiro atoms. The predicted octanol–water partition coefficient (Wildman–Crippen LogP) is 4.84. The highest BCUT2D eigenvalue weighted by Crippen LogP contribution is 2.39. The van der Waals surface area contributed by atoms with Crippen molar-refractivity contribution in [1.82, 2.24) is 4.98 Å². The number of carbonyl (C=O) groups excluding carboxylic acids is 1. The summed E-state index contributed by atoms with van der Waals surface area (Å²) in [5.41, 5.74) is 2.97. The van der Waals surface area contributed by atoms with Crippen molar-refractivity contribution in [2.24, 2.45) is 0 Å². The highest BCUT2D eigenvalue weighted by Gasteiger charge is 2.19. The summed E-state index contributed by atoms with van der Waals surface area (Å²) >= 11 is 3.52. The van der Waals surface area contributed by atoms with Gasteiger partial charge in [0.25, 0.3) is 5.91 Å². The van der Waals surface area contributed by atoms with Gasteiger partial charge in [0.2, 0.25) is 0 Å². The van der Waals surface area contributed by atoms with Crippen molar-refractivity contribution in [2.75, 3.05) is 11.9 Å².